The SMILES string of the molecule is N#CCC(=O)N/N=C(/CC1(O)CNc2c(Cl)ccc(Cl)c21)c1ccco1. The first-order chi connectivity index (χ1) is 12.4. The highest BCUT2D eigenvalue weighted by atomic mass is 35.5. The summed E-state index contributed by atoms with van der Waals surface area (Å²) < 4.78 is 5.35. The molecule has 9 heteroatoms. The molecule has 0 saturated heterocycles. The molecule has 1 aromatic carbocycles. The lowest BCUT2D eigenvalue weighted by Crippen LogP contribution is -2.32. The fourth-order valence-corrected chi connectivity index (χ4v) is 3.35. The number of furan rings is 1. The number of nitrogens with zero attached hydrogens (tertiary/aromatic N) is 2. The zero-order chi connectivity index (χ0) is 18.7. The summed E-state index contributed by atoms with van der Waals surface area (Å²) in [5.74, 6) is -0.183. The Morgan fingerprint density at radius 1 is 1.42 bits per heavy atom. The molecular weight excluding hydrogens is 379 g/mol. The standard InChI is InChI=1S/C17H14Cl2N4O3/c18-10-3-4-11(19)16-15(10)17(25,9-21-16)8-12(13-2-1-7-26-13)22-23-14(24)5-6-20/h1-4,7,21,25H,5,8-9H2,(H,23,24)/b22-12-. The van der Waals surface area contributed by atoms with Crippen molar-refractivity contribution in [3.05, 3.63) is 51.9 Å². The van der Waals surface area contributed by atoms with E-state index >= 15 is 0 Å². The number of halogens is 2. The molecule has 134 valence electrons. The zero-order valence-corrected chi connectivity index (χ0v) is 14.9. The predicted molar refractivity (Wildman–Crippen MR) is 97.1 cm³/mol. The maximum Gasteiger partial charge on any atom is 0.254 e. The number of anilines is 1. The van der Waals surface area contributed by atoms with Crippen LogP contribution in [0.1, 0.15) is 24.2 Å². The maximum absolute atomic E-state index is 11.5. The molecule has 1 unspecified atom stereocenters. The van der Waals surface area contributed by atoms with Crippen LogP contribution >= 0.6 is 23.2 Å². The van der Waals surface area contributed by atoms with Gasteiger partial charge in [-0.3, -0.25) is 4.79 Å². The number of nitriles is 1. The van der Waals surface area contributed by atoms with Gasteiger partial charge in [0.05, 0.1) is 23.0 Å². The zero-order valence-electron chi connectivity index (χ0n) is 13.4. The third-order valence-electron chi connectivity index (χ3n) is 3.95. The molecule has 0 radical (unpaired) electrons. The van der Waals surface area contributed by atoms with Gasteiger partial charge in [-0.1, -0.05) is 23.2 Å². The van der Waals surface area contributed by atoms with Gasteiger partial charge in [0.1, 0.15) is 23.5 Å². The van der Waals surface area contributed by atoms with Crippen molar-refractivity contribution in [2.75, 3.05) is 11.9 Å². The third kappa shape index (κ3) is 3.53. The number of hydrogen-bond donors (Lipinski definition) is 3. The minimum atomic E-state index is -1.40. The van der Waals surface area contributed by atoms with E-state index in [1.54, 1.807) is 30.3 Å². The van der Waals surface area contributed by atoms with Crippen LogP contribution in [0.15, 0.2) is 40.0 Å². The van der Waals surface area contributed by atoms with Crippen LogP contribution in [-0.4, -0.2) is 23.3 Å². The van der Waals surface area contributed by atoms with E-state index in [2.05, 4.69) is 15.8 Å². The topological polar surface area (TPSA) is 111 Å². The van der Waals surface area contributed by atoms with Crippen LogP contribution in [0, 0.1) is 11.3 Å². The number of nitrogens with one attached hydrogen (secondary N) is 2. The Morgan fingerprint density at radius 3 is 2.88 bits per heavy atom. The first-order valence-corrected chi connectivity index (χ1v) is 8.41. The van der Waals surface area contributed by atoms with Crippen molar-refractivity contribution in [2.24, 2.45) is 5.10 Å². The highest BCUT2D eigenvalue weighted by Crippen LogP contribution is 2.45. The van der Waals surface area contributed by atoms with E-state index in [1.165, 1.54) is 6.26 Å². The lowest BCUT2D eigenvalue weighted by Gasteiger charge is -2.24. The van der Waals surface area contributed by atoms with E-state index in [-0.39, 0.29) is 19.4 Å². The molecule has 2 aromatic rings. The number of hydrogen-bond acceptors (Lipinski definition) is 6. The minimum Gasteiger partial charge on any atom is -0.463 e. The molecule has 0 saturated carbocycles. The Bertz CT molecular complexity index is 905. The van der Waals surface area contributed by atoms with Crippen molar-refractivity contribution in [3.63, 3.8) is 0 Å². The van der Waals surface area contributed by atoms with Gasteiger partial charge < -0.3 is 14.8 Å². The van der Waals surface area contributed by atoms with E-state index in [1.807, 2.05) is 0 Å². The number of carbonyl (C=O) groups is 1. The number of aliphatic hydroxyl groups is 1. The fraction of sp³-hybridized carbons (Fsp3) is 0.235. The van der Waals surface area contributed by atoms with Gasteiger partial charge in [0.2, 0.25) is 0 Å². The number of carbonyl (C=O) groups excluding carboxylic acids is 1. The van der Waals surface area contributed by atoms with Crippen molar-refractivity contribution in [1.29, 1.82) is 5.26 Å². The van der Waals surface area contributed by atoms with Crippen molar-refractivity contribution in [1.82, 2.24) is 5.43 Å². The Balaban J connectivity index is 1.94. The molecule has 0 fully saturated rings. The average molecular weight is 393 g/mol. The minimum absolute atomic E-state index is 0.00735. The monoisotopic (exact) mass is 392 g/mol. The maximum atomic E-state index is 11.5. The molecule has 1 aliphatic rings. The Labute approximate surface area is 159 Å². The average Bonchev–Trinajstić information content (AvgIpc) is 3.24. The van der Waals surface area contributed by atoms with Gasteiger partial charge in [0, 0.05) is 23.6 Å². The summed E-state index contributed by atoms with van der Waals surface area (Å²) in [6, 6.07) is 8.31. The van der Waals surface area contributed by atoms with Gasteiger partial charge in [0.15, 0.2) is 0 Å². The number of β-amino-alcohol motifs (C(OH)–C–C–N with tert-alkyl or cyclic N) is 1. The van der Waals surface area contributed by atoms with E-state index in [9.17, 15) is 9.90 Å². The summed E-state index contributed by atoms with van der Waals surface area (Å²) in [6.07, 6.45) is 1.13. The molecule has 1 amide bonds. The summed E-state index contributed by atoms with van der Waals surface area (Å²) in [4.78, 5) is 11.5. The normalized spacial score (nSPS) is 18.8. The molecule has 0 bridgehead atoms. The Kier molecular flexibility index (Phi) is 5.18. The number of fused-ring (bicyclic) bond motifs is 1. The molecule has 3 N–H and O–H groups in total. The summed E-state index contributed by atoms with van der Waals surface area (Å²) in [7, 11) is 0. The van der Waals surface area contributed by atoms with Crippen LogP contribution < -0.4 is 10.7 Å². The summed E-state index contributed by atoms with van der Waals surface area (Å²) >= 11 is 12.4. The van der Waals surface area contributed by atoms with Gasteiger partial charge in [-0.2, -0.15) is 10.4 Å². The summed E-state index contributed by atoms with van der Waals surface area (Å²) in [6.45, 7) is 0.164. The predicted octanol–water partition coefficient (Wildman–Crippen LogP) is 3.02. The number of benzene rings is 1. The van der Waals surface area contributed by atoms with Crippen LogP contribution in [0.5, 0.6) is 0 Å². The molecule has 3 rings (SSSR count). The first-order valence-electron chi connectivity index (χ1n) is 7.65. The van der Waals surface area contributed by atoms with Crippen LogP contribution in [-0.2, 0) is 10.4 Å². The molecular formula is C17H14Cl2N4O3. The van der Waals surface area contributed by atoms with Crippen LogP contribution in [0.3, 0.4) is 0 Å². The van der Waals surface area contributed by atoms with Crippen molar-refractivity contribution < 1.29 is 14.3 Å². The largest absolute Gasteiger partial charge is 0.463 e. The summed E-state index contributed by atoms with van der Waals surface area (Å²) in [5, 5.41) is 27.7. The second kappa shape index (κ2) is 7.38. The van der Waals surface area contributed by atoms with Crippen LogP contribution in [0.2, 0.25) is 10.0 Å². The van der Waals surface area contributed by atoms with Crippen molar-refractivity contribution in [2.45, 2.75) is 18.4 Å². The van der Waals surface area contributed by atoms with Gasteiger partial charge in [-0.15, -0.1) is 0 Å². The lowest BCUT2D eigenvalue weighted by atomic mass is 9.89. The first kappa shape index (κ1) is 18.3. The van der Waals surface area contributed by atoms with E-state index in [0.717, 1.165) is 0 Å². The number of hydrazone groups is 1. The quantitative estimate of drug-likeness (QED) is 0.534. The molecule has 2 heterocycles. The van der Waals surface area contributed by atoms with Gasteiger partial charge in [-0.25, -0.2) is 5.43 Å². The second-order valence-corrected chi connectivity index (χ2v) is 6.56. The van der Waals surface area contributed by atoms with Gasteiger partial charge in [-0.05, 0) is 24.3 Å². The highest BCUT2D eigenvalue weighted by molar-refractivity contribution is 6.36. The molecule has 1 aromatic heterocycles. The second-order valence-electron chi connectivity index (χ2n) is 5.75. The van der Waals surface area contributed by atoms with E-state index < -0.39 is 11.5 Å². The van der Waals surface area contributed by atoms with Gasteiger partial charge in [0.25, 0.3) is 5.91 Å². The van der Waals surface area contributed by atoms with Crippen molar-refractivity contribution >= 4 is 40.5 Å². The Hall–Kier alpha value is -2.53. The smallest absolute Gasteiger partial charge is 0.254 e. The Morgan fingerprint density at radius 2 is 2.19 bits per heavy atom. The molecule has 7 nitrogen and oxygen atoms in total. The molecule has 26 heavy (non-hydrogen) atoms. The van der Waals surface area contributed by atoms with E-state index in [4.69, 9.17) is 32.9 Å². The van der Waals surface area contributed by atoms with Crippen LogP contribution in [0.25, 0.3) is 0 Å². The molecule has 1 aliphatic heterocycles. The number of amides is 1. The van der Waals surface area contributed by atoms with Crippen LogP contribution in [0.4, 0.5) is 5.69 Å². The highest BCUT2D eigenvalue weighted by Gasteiger charge is 2.41. The lowest BCUT2D eigenvalue weighted by molar-refractivity contribution is -0.120. The molecule has 1 atom stereocenters. The van der Waals surface area contributed by atoms with Crippen molar-refractivity contribution in [3.8, 4) is 6.07 Å². The molecule has 0 aliphatic carbocycles. The molecule has 0 spiro atoms. The van der Waals surface area contributed by atoms with Gasteiger partial charge >= 0.3 is 0 Å². The summed E-state index contributed by atoms with van der Waals surface area (Å²) in [5.41, 5.74) is 2.22. The fourth-order valence-electron chi connectivity index (χ4n) is 2.80. The number of rotatable bonds is 5. The third-order valence-corrected chi connectivity index (χ3v) is 4.58. The van der Waals surface area contributed by atoms with E-state index in [0.29, 0.717) is 32.8 Å².